The highest BCUT2D eigenvalue weighted by molar-refractivity contribution is 9.10. The molecule has 0 atom stereocenters. The summed E-state index contributed by atoms with van der Waals surface area (Å²) in [5.74, 6) is 2.20. The third-order valence-corrected chi connectivity index (χ3v) is 5.13. The molecule has 4 aromatic rings. The molecule has 0 aliphatic rings. The van der Waals surface area contributed by atoms with Crippen molar-refractivity contribution in [3.05, 3.63) is 83.0 Å². The number of nitrogens with two attached hydrogens (primary N) is 1. The molecular weight excluding hydrogens is 474 g/mol. The summed E-state index contributed by atoms with van der Waals surface area (Å²) >= 11 is 3.41. The van der Waals surface area contributed by atoms with Crippen LogP contribution in [0.25, 0.3) is 11.3 Å². The van der Waals surface area contributed by atoms with E-state index in [0.717, 1.165) is 10.0 Å². The zero-order chi connectivity index (χ0) is 22.5. The Labute approximate surface area is 193 Å². The molecule has 0 fully saturated rings. The molecule has 1 aromatic heterocycles. The first-order chi connectivity index (χ1) is 15.5. The molecule has 0 radical (unpaired) electrons. The van der Waals surface area contributed by atoms with Crippen molar-refractivity contribution in [2.75, 3.05) is 12.8 Å². The lowest BCUT2D eigenvalue weighted by atomic mass is 10.1. The van der Waals surface area contributed by atoms with Gasteiger partial charge < -0.3 is 25.1 Å². The molecule has 162 valence electrons. The Morgan fingerprint density at radius 1 is 0.938 bits per heavy atom. The Balaban J connectivity index is 1.56. The topological polar surface area (TPSA) is 99.7 Å². The minimum atomic E-state index is -0.0176. The third kappa shape index (κ3) is 5.09. The van der Waals surface area contributed by atoms with Gasteiger partial charge in [-0.3, -0.25) is 0 Å². The summed E-state index contributed by atoms with van der Waals surface area (Å²) in [6, 6.07) is 19.9. The Morgan fingerprint density at radius 3 is 2.31 bits per heavy atom. The van der Waals surface area contributed by atoms with Crippen molar-refractivity contribution in [1.29, 1.82) is 0 Å². The van der Waals surface area contributed by atoms with Crippen LogP contribution in [0.4, 0.5) is 5.95 Å². The summed E-state index contributed by atoms with van der Waals surface area (Å²) in [5, 5.41) is 10.7. The highest BCUT2D eigenvalue weighted by atomic mass is 79.9. The number of ether oxygens (including phenoxy) is 3. The lowest BCUT2D eigenvalue weighted by molar-refractivity contribution is 0.304. The average molecular weight is 494 g/mol. The Morgan fingerprint density at radius 2 is 1.62 bits per heavy atom. The molecule has 4 rings (SSSR count). The summed E-state index contributed by atoms with van der Waals surface area (Å²) in [5.41, 5.74) is 7.61. The van der Waals surface area contributed by atoms with Crippen LogP contribution in [0.1, 0.15) is 5.56 Å². The monoisotopic (exact) mass is 493 g/mol. The quantitative estimate of drug-likeness (QED) is 0.346. The third-order valence-electron chi connectivity index (χ3n) is 4.60. The van der Waals surface area contributed by atoms with Gasteiger partial charge in [0.05, 0.1) is 13.3 Å². The molecule has 0 aliphatic heterocycles. The van der Waals surface area contributed by atoms with Crippen molar-refractivity contribution < 1.29 is 19.3 Å². The second-order valence-corrected chi connectivity index (χ2v) is 7.73. The first-order valence-electron chi connectivity index (χ1n) is 9.67. The lowest BCUT2D eigenvalue weighted by Gasteiger charge is -2.13. The Bertz CT molecular complexity index is 1220. The Hall–Kier alpha value is -3.78. The lowest BCUT2D eigenvalue weighted by Crippen LogP contribution is -2.00. The summed E-state index contributed by atoms with van der Waals surface area (Å²) < 4.78 is 17.9. The molecule has 0 aliphatic carbocycles. The number of rotatable bonds is 7. The minimum absolute atomic E-state index is 0.0176. The number of phenols is 1. The largest absolute Gasteiger partial charge is 0.507 e. The van der Waals surface area contributed by atoms with E-state index < -0.39 is 0 Å². The number of aromatic nitrogens is 2. The molecule has 0 bridgehead atoms. The number of aromatic hydroxyl groups is 1. The average Bonchev–Trinajstić information content (AvgIpc) is 2.80. The predicted octanol–water partition coefficient (Wildman–Crippen LogP) is 5.57. The molecule has 8 heteroatoms. The van der Waals surface area contributed by atoms with Gasteiger partial charge in [-0.25, -0.2) is 9.97 Å². The fourth-order valence-electron chi connectivity index (χ4n) is 2.97. The van der Waals surface area contributed by atoms with Crippen molar-refractivity contribution in [3.63, 3.8) is 0 Å². The zero-order valence-corrected chi connectivity index (χ0v) is 18.7. The van der Waals surface area contributed by atoms with Crippen molar-refractivity contribution in [1.82, 2.24) is 9.97 Å². The van der Waals surface area contributed by atoms with E-state index in [-0.39, 0.29) is 11.7 Å². The molecule has 0 unspecified atom stereocenters. The van der Waals surface area contributed by atoms with Crippen molar-refractivity contribution in [2.24, 2.45) is 0 Å². The van der Waals surface area contributed by atoms with E-state index in [0.29, 0.717) is 40.9 Å². The van der Waals surface area contributed by atoms with Gasteiger partial charge in [0, 0.05) is 16.1 Å². The molecule has 0 amide bonds. The number of anilines is 1. The molecule has 7 nitrogen and oxygen atoms in total. The number of halogens is 1. The standard InChI is InChI=1S/C24H20BrN3O4/c1-30-17-6-8-18(9-7-17)32-22-13-27-24(26)28-23(22)20-11-10-19(12-21(20)29)31-14-15-2-4-16(25)5-3-15/h2-13,29H,14H2,1H3,(H2,26,27,28). The van der Waals surface area contributed by atoms with Crippen LogP contribution in [0.5, 0.6) is 28.7 Å². The van der Waals surface area contributed by atoms with Gasteiger partial charge in [0.1, 0.15) is 35.3 Å². The van der Waals surface area contributed by atoms with Gasteiger partial charge in [-0.2, -0.15) is 0 Å². The van der Waals surface area contributed by atoms with Gasteiger partial charge in [0.2, 0.25) is 5.95 Å². The molecule has 32 heavy (non-hydrogen) atoms. The minimum Gasteiger partial charge on any atom is -0.507 e. The summed E-state index contributed by atoms with van der Waals surface area (Å²) in [4.78, 5) is 8.30. The SMILES string of the molecule is COc1ccc(Oc2cnc(N)nc2-c2ccc(OCc3ccc(Br)cc3)cc2O)cc1. The first kappa shape index (κ1) is 21.5. The zero-order valence-electron chi connectivity index (χ0n) is 17.2. The summed E-state index contributed by atoms with van der Waals surface area (Å²) in [6.07, 6.45) is 1.47. The van der Waals surface area contributed by atoms with E-state index in [9.17, 15) is 5.11 Å². The van der Waals surface area contributed by atoms with Crippen LogP contribution in [-0.4, -0.2) is 22.2 Å². The van der Waals surface area contributed by atoms with Gasteiger partial charge in [-0.1, -0.05) is 28.1 Å². The highest BCUT2D eigenvalue weighted by Crippen LogP contribution is 2.38. The number of methoxy groups -OCH3 is 1. The van der Waals surface area contributed by atoms with Crippen LogP contribution >= 0.6 is 15.9 Å². The van der Waals surface area contributed by atoms with Gasteiger partial charge in [-0.15, -0.1) is 0 Å². The van der Waals surface area contributed by atoms with Gasteiger partial charge >= 0.3 is 0 Å². The van der Waals surface area contributed by atoms with Crippen LogP contribution < -0.4 is 19.9 Å². The number of phenolic OH excluding ortho intramolecular Hbond substituents is 1. The molecule has 0 saturated heterocycles. The van der Waals surface area contributed by atoms with Crippen molar-refractivity contribution in [3.8, 4) is 40.0 Å². The molecule has 1 heterocycles. The summed E-state index contributed by atoms with van der Waals surface area (Å²) in [7, 11) is 1.59. The van der Waals surface area contributed by atoms with Gasteiger partial charge in [0.25, 0.3) is 0 Å². The van der Waals surface area contributed by atoms with Crippen molar-refractivity contribution in [2.45, 2.75) is 6.61 Å². The fraction of sp³-hybridized carbons (Fsp3) is 0.0833. The highest BCUT2D eigenvalue weighted by Gasteiger charge is 2.16. The number of nitrogen functional groups attached to an aromatic ring is 1. The smallest absolute Gasteiger partial charge is 0.220 e. The predicted molar refractivity (Wildman–Crippen MR) is 125 cm³/mol. The van der Waals surface area contributed by atoms with E-state index in [1.54, 1.807) is 43.5 Å². The summed E-state index contributed by atoms with van der Waals surface area (Å²) in [6.45, 7) is 0.373. The normalized spacial score (nSPS) is 10.6. The number of hydrogen-bond acceptors (Lipinski definition) is 7. The van der Waals surface area contributed by atoms with Crippen LogP contribution in [0.15, 0.2) is 77.4 Å². The Kier molecular flexibility index (Phi) is 6.42. The number of nitrogens with zero attached hydrogens (tertiary/aromatic N) is 2. The molecular formula is C24H20BrN3O4. The molecule has 0 saturated carbocycles. The van der Waals surface area contributed by atoms with E-state index in [1.807, 2.05) is 24.3 Å². The molecule has 0 spiro atoms. The second kappa shape index (κ2) is 9.57. The maximum absolute atomic E-state index is 10.7. The number of hydrogen-bond donors (Lipinski definition) is 2. The van der Waals surface area contributed by atoms with Crippen LogP contribution in [0.2, 0.25) is 0 Å². The first-order valence-corrected chi connectivity index (χ1v) is 10.5. The fourth-order valence-corrected chi connectivity index (χ4v) is 3.24. The number of benzene rings is 3. The van der Waals surface area contributed by atoms with Gasteiger partial charge in [0.15, 0.2) is 5.75 Å². The maximum atomic E-state index is 10.7. The van der Waals surface area contributed by atoms with Gasteiger partial charge in [-0.05, 0) is 54.1 Å². The van der Waals surface area contributed by atoms with Crippen LogP contribution in [-0.2, 0) is 6.61 Å². The molecule has 3 N–H and O–H groups in total. The molecule has 3 aromatic carbocycles. The van der Waals surface area contributed by atoms with E-state index in [2.05, 4.69) is 25.9 Å². The van der Waals surface area contributed by atoms with E-state index >= 15 is 0 Å². The van der Waals surface area contributed by atoms with Crippen LogP contribution in [0, 0.1) is 0 Å². The maximum Gasteiger partial charge on any atom is 0.220 e. The van der Waals surface area contributed by atoms with Crippen LogP contribution in [0.3, 0.4) is 0 Å². The van der Waals surface area contributed by atoms with E-state index in [1.165, 1.54) is 12.3 Å². The second-order valence-electron chi connectivity index (χ2n) is 6.81. The van der Waals surface area contributed by atoms with E-state index in [4.69, 9.17) is 19.9 Å². The van der Waals surface area contributed by atoms with Crippen molar-refractivity contribution >= 4 is 21.9 Å².